The molecule has 3 rings (SSSR count). The van der Waals surface area contributed by atoms with E-state index in [0.717, 1.165) is 15.4 Å². The lowest BCUT2D eigenvalue weighted by atomic mass is 10.1. The molecular weight excluding hydrogens is 352 g/mol. The van der Waals surface area contributed by atoms with Crippen LogP contribution in [0.1, 0.15) is 10.4 Å². The van der Waals surface area contributed by atoms with Gasteiger partial charge in [0.15, 0.2) is 0 Å². The van der Waals surface area contributed by atoms with Crippen LogP contribution in [0.3, 0.4) is 0 Å². The van der Waals surface area contributed by atoms with Gasteiger partial charge < -0.3 is 5.32 Å². The number of carbonyl (C=O) groups is 1. The number of benzene rings is 2. The second-order valence-corrected chi connectivity index (χ2v) is 5.78. The molecule has 21 heavy (non-hydrogen) atoms. The molecule has 2 aromatic carbocycles. The molecule has 0 atom stereocenters. The van der Waals surface area contributed by atoms with Gasteiger partial charge in [-0.25, -0.2) is 0 Å². The molecule has 0 saturated heterocycles. The predicted octanol–water partition coefficient (Wildman–Crippen LogP) is 4.90. The zero-order chi connectivity index (χ0) is 14.8. The minimum Gasteiger partial charge on any atom is -0.321 e. The summed E-state index contributed by atoms with van der Waals surface area (Å²) in [5.74, 6) is -0.210. The molecule has 5 heteroatoms. The average Bonchev–Trinajstić information content (AvgIpc) is 2.49. The maximum atomic E-state index is 12.5. The second kappa shape index (κ2) is 5.84. The number of amides is 1. The Labute approximate surface area is 135 Å². The lowest BCUT2D eigenvalue weighted by Gasteiger charge is -2.09. The average molecular weight is 362 g/mol. The fourth-order valence-corrected chi connectivity index (χ4v) is 2.80. The van der Waals surface area contributed by atoms with E-state index in [9.17, 15) is 4.79 Å². The number of halogens is 2. The molecule has 0 radical (unpaired) electrons. The van der Waals surface area contributed by atoms with Crippen LogP contribution in [0, 0.1) is 0 Å². The highest BCUT2D eigenvalue weighted by Gasteiger charge is 2.12. The lowest BCUT2D eigenvalue weighted by molar-refractivity contribution is 0.102. The molecule has 0 aliphatic rings. The molecule has 0 fully saturated rings. The lowest BCUT2D eigenvalue weighted by Crippen LogP contribution is -2.12. The fraction of sp³-hybridized carbons (Fsp3) is 0. The molecule has 0 aliphatic carbocycles. The number of anilines is 1. The molecule has 1 N–H and O–H groups in total. The summed E-state index contributed by atoms with van der Waals surface area (Å²) in [4.78, 5) is 16.7. The number of hydrogen-bond donors (Lipinski definition) is 1. The van der Waals surface area contributed by atoms with Crippen LogP contribution in [0.5, 0.6) is 0 Å². The van der Waals surface area contributed by atoms with Crippen molar-refractivity contribution in [2.45, 2.75) is 0 Å². The summed E-state index contributed by atoms with van der Waals surface area (Å²) < 4.78 is 0.861. The van der Waals surface area contributed by atoms with E-state index in [-0.39, 0.29) is 5.91 Å². The Bertz CT molecular complexity index is 830. The number of rotatable bonds is 2. The Hall–Kier alpha value is -1.91. The maximum absolute atomic E-state index is 12.5. The molecule has 1 heterocycles. The molecule has 1 amide bonds. The van der Waals surface area contributed by atoms with Gasteiger partial charge in [0.1, 0.15) is 0 Å². The fourth-order valence-electron chi connectivity index (χ4n) is 2.08. The van der Waals surface area contributed by atoms with Crippen LogP contribution in [0.2, 0.25) is 5.02 Å². The molecule has 0 saturated carbocycles. The summed E-state index contributed by atoms with van der Waals surface area (Å²) in [5, 5.41) is 4.12. The molecule has 3 nitrogen and oxygen atoms in total. The van der Waals surface area contributed by atoms with Gasteiger partial charge in [-0.05, 0) is 36.4 Å². The predicted molar refractivity (Wildman–Crippen MR) is 88.8 cm³/mol. The highest BCUT2D eigenvalue weighted by molar-refractivity contribution is 9.10. The summed E-state index contributed by atoms with van der Waals surface area (Å²) in [7, 11) is 0. The van der Waals surface area contributed by atoms with Crippen molar-refractivity contribution in [1.29, 1.82) is 0 Å². The Balaban J connectivity index is 1.97. The zero-order valence-electron chi connectivity index (χ0n) is 10.8. The first-order chi connectivity index (χ1) is 10.1. The van der Waals surface area contributed by atoms with Crippen molar-refractivity contribution in [2.24, 2.45) is 0 Å². The Morgan fingerprint density at radius 3 is 2.81 bits per heavy atom. The van der Waals surface area contributed by atoms with Crippen molar-refractivity contribution in [2.75, 3.05) is 5.32 Å². The molecular formula is C16H10BrClN2O. The standard InChI is InChI=1S/C16H10BrClN2O/c17-10-6-7-15(13(18)9-10)20-16(21)12-3-1-5-14-11(12)4-2-8-19-14/h1-9H,(H,20,21). The largest absolute Gasteiger partial charge is 0.321 e. The third-order valence-electron chi connectivity index (χ3n) is 3.07. The number of aromatic nitrogens is 1. The van der Waals surface area contributed by atoms with Crippen molar-refractivity contribution < 1.29 is 4.79 Å². The van der Waals surface area contributed by atoms with Gasteiger partial charge >= 0.3 is 0 Å². The Morgan fingerprint density at radius 1 is 1.14 bits per heavy atom. The van der Waals surface area contributed by atoms with Gasteiger partial charge in [0.2, 0.25) is 0 Å². The van der Waals surface area contributed by atoms with E-state index in [1.807, 2.05) is 30.3 Å². The molecule has 3 aromatic rings. The van der Waals surface area contributed by atoms with Crippen molar-refractivity contribution >= 4 is 50.0 Å². The monoisotopic (exact) mass is 360 g/mol. The first-order valence-electron chi connectivity index (χ1n) is 6.25. The highest BCUT2D eigenvalue weighted by atomic mass is 79.9. The van der Waals surface area contributed by atoms with Crippen molar-refractivity contribution in [3.05, 3.63) is 69.8 Å². The topological polar surface area (TPSA) is 42.0 Å². The van der Waals surface area contributed by atoms with E-state index < -0.39 is 0 Å². The maximum Gasteiger partial charge on any atom is 0.256 e. The van der Waals surface area contributed by atoms with Gasteiger partial charge in [0, 0.05) is 21.6 Å². The van der Waals surface area contributed by atoms with E-state index in [4.69, 9.17) is 11.6 Å². The first-order valence-corrected chi connectivity index (χ1v) is 7.42. The second-order valence-electron chi connectivity index (χ2n) is 4.45. The van der Waals surface area contributed by atoms with E-state index in [0.29, 0.717) is 16.3 Å². The minimum absolute atomic E-state index is 0.210. The SMILES string of the molecule is O=C(Nc1ccc(Br)cc1Cl)c1cccc2ncccc12. The zero-order valence-corrected chi connectivity index (χ0v) is 13.1. The van der Waals surface area contributed by atoms with Gasteiger partial charge in [-0.1, -0.05) is 39.7 Å². The van der Waals surface area contributed by atoms with Crippen LogP contribution in [0.15, 0.2) is 59.2 Å². The first kappa shape index (κ1) is 14.0. The number of nitrogens with one attached hydrogen (secondary N) is 1. The Kier molecular flexibility index (Phi) is 3.90. The molecule has 104 valence electrons. The third-order valence-corrected chi connectivity index (χ3v) is 3.88. The van der Waals surface area contributed by atoms with Gasteiger partial charge in [0.25, 0.3) is 5.91 Å². The molecule has 0 bridgehead atoms. The quantitative estimate of drug-likeness (QED) is 0.705. The minimum atomic E-state index is -0.210. The normalized spacial score (nSPS) is 10.6. The van der Waals surface area contributed by atoms with E-state index in [2.05, 4.69) is 26.2 Å². The van der Waals surface area contributed by atoms with Crippen molar-refractivity contribution in [3.63, 3.8) is 0 Å². The van der Waals surface area contributed by atoms with E-state index in [1.165, 1.54) is 0 Å². The van der Waals surface area contributed by atoms with Crippen LogP contribution in [0.25, 0.3) is 10.9 Å². The van der Waals surface area contributed by atoms with Crippen LogP contribution in [0.4, 0.5) is 5.69 Å². The van der Waals surface area contributed by atoms with Crippen LogP contribution in [-0.2, 0) is 0 Å². The molecule has 0 spiro atoms. The van der Waals surface area contributed by atoms with Crippen LogP contribution >= 0.6 is 27.5 Å². The van der Waals surface area contributed by atoms with Crippen molar-refractivity contribution in [1.82, 2.24) is 4.98 Å². The number of nitrogens with zero attached hydrogens (tertiary/aromatic N) is 1. The summed E-state index contributed by atoms with van der Waals surface area (Å²) in [5.41, 5.74) is 1.93. The number of pyridine rings is 1. The smallest absolute Gasteiger partial charge is 0.256 e. The van der Waals surface area contributed by atoms with Crippen LogP contribution in [-0.4, -0.2) is 10.9 Å². The van der Waals surface area contributed by atoms with Crippen molar-refractivity contribution in [3.8, 4) is 0 Å². The molecule has 0 aliphatic heterocycles. The summed E-state index contributed by atoms with van der Waals surface area (Å²) in [6.07, 6.45) is 1.70. The van der Waals surface area contributed by atoms with Gasteiger partial charge in [-0.2, -0.15) is 0 Å². The highest BCUT2D eigenvalue weighted by Crippen LogP contribution is 2.26. The van der Waals surface area contributed by atoms with Gasteiger partial charge in [-0.3, -0.25) is 9.78 Å². The number of carbonyl (C=O) groups excluding carboxylic acids is 1. The summed E-state index contributed by atoms with van der Waals surface area (Å²) >= 11 is 9.46. The number of fused-ring (bicyclic) bond motifs is 1. The number of hydrogen-bond acceptors (Lipinski definition) is 2. The Morgan fingerprint density at radius 2 is 2.00 bits per heavy atom. The molecule has 1 aromatic heterocycles. The van der Waals surface area contributed by atoms with Crippen LogP contribution < -0.4 is 5.32 Å². The third kappa shape index (κ3) is 2.91. The summed E-state index contributed by atoms with van der Waals surface area (Å²) in [6.45, 7) is 0. The summed E-state index contributed by atoms with van der Waals surface area (Å²) in [6, 6.07) is 14.5. The van der Waals surface area contributed by atoms with Gasteiger partial charge in [0.05, 0.1) is 16.2 Å². The van der Waals surface area contributed by atoms with E-state index in [1.54, 1.807) is 24.4 Å². The van der Waals surface area contributed by atoms with Gasteiger partial charge in [-0.15, -0.1) is 0 Å². The van der Waals surface area contributed by atoms with E-state index >= 15 is 0 Å². The molecule has 0 unspecified atom stereocenters.